The highest BCUT2D eigenvalue weighted by molar-refractivity contribution is 9.10. The minimum absolute atomic E-state index is 0.0444. The summed E-state index contributed by atoms with van der Waals surface area (Å²) in [6.45, 7) is 2.68. The molecule has 3 rings (SSSR count). The van der Waals surface area contributed by atoms with Gasteiger partial charge in [-0.1, -0.05) is 47.7 Å². The van der Waals surface area contributed by atoms with E-state index in [1.165, 1.54) is 4.90 Å². The van der Waals surface area contributed by atoms with Gasteiger partial charge in [-0.2, -0.15) is 0 Å². The molecule has 0 unspecified atom stereocenters. The maximum Gasteiger partial charge on any atom is 0.305 e. The number of carboxylic acid groups (broad SMARTS) is 1. The van der Waals surface area contributed by atoms with E-state index in [9.17, 15) is 9.59 Å². The Bertz CT molecular complexity index is 1070. The van der Waals surface area contributed by atoms with E-state index in [-0.39, 0.29) is 18.9 Å². The Morgan fingerprint density at radius 3 is 2.66 bits per heavy atom. The molecule has 2 aromatic carbocycles. The zero-order valence-electron chi connectivity index (χ0n) is 17.0. The summed E-state index contributed by atoms with van der Waals surface area (Å²) in [6, 6.07) is 11.0. The maximum absolute atomic E-state index is 12.7. The number of carboxylic acids is 1. The Morgan fingerprint density at radius 1 is 1.28 bits per heavy atom. The van der Waals surface area contributed by atoms with Gasteiger partial charge in [0.2, 0.25) is 0 Å². The summed E-state index contributed by atoms with van der Waals surface area (Å²) >= 11 is 15.8. The van der Waals surface area contributed by atoms with Crippen LogP contribution in [0.2, 0.25) is 5.02 Å². The number of rotatable bonds is 9. The van der Waals surface area contributed by atoms with Gasteiger partial charge >= 0.3 is 5.97 Å². The van der Waals surface area contributed by atoms with Gasteiger partial charge < -0.3 is 14.6 Å². The Hall–Kier alpha value is -2.07. The van der Waals surface area contributed by atoms with Gasteiger partial charge in [-0.15, -0.1) is 0 Å². The largest absolute Gasteiger partial charge is 0.490 e. The van der Waals surface area contributed by atoms with Crippen molar-refractivity contribution in [2.75, 3.05) is 13.2 Å². The van der Waals surface area contributed by atoms with Gasteiger partial charge in [-0.3, -0.25) is 14.5 Å². The van der Waals surface area contributed by atoms with Crippen LogP contribution in [0.4, 0.5) is 0 Å². The van der Waals surface area contributed by atoms with Crippen molar-refractivity contribution >= 4 is 73.8 Å². The predicted molar refractivity (Wildman–Crippen MR) is 133 cm³/mol. The maximum atomic E-state index is 12.7. The lowest BCUT2D eigenvalue weighted by molar-refractivity contribution is -0.137. The molecule has 1 aliphatic heterocycles. The number of ether oxygens (including phenoxy) is 2. The summed E-state index contributed by atoms with van der Waals surface area (Å²) in [5.74, 6) is -0.211. The van der Waals surface area contributed by atoms with Gasteiger partial charge in [0, 0.05) is 11.6 Å². The fraction of sp³-hybridized carbons (Fsp3) is 0.227. The first kappa shape index (κ1) is 24.6. The average Bonchev–Trinajstić information content (AvgIpc) is 3.00. The van der Waals surface area contributed by atoms with E-state index in [0.717, 1.165) is 22.9 Å². The van der Waals surface area contributed by atoms with Crippen molar-refractivity contribution in [3.05, 3.63) is 61.9 Å². The molecule has 1 saturated heterocycles. The van der Waals surface area contributed by atoms with Gasteiger partial charge in [-0.25, -0.2) is 0 Å². The van der Waals surface area contributed by atoms with E-state index in [4.69, 9.17) is 38.4 Å². The standard InChI is InChI=1S/C22H19BrClNO5S2/c1-2-29-17-10-14(11-18-21(28)25(22(31)32-18)8-7-19(26)27)9-16(23)20(17)30-12-13-3-5-15(24)6-4-13/h3-6,9-11H,2,7-8,12H2,1H3,(H,26,27)/b18-11-. The van der Waals surface area contributed by atoms with Crippen LogP contribution >= 0.6 is 51.5 Å². The van der Waals surface area contributed by atoms with Crippen molar-refractivity contribution in [2.24, 2.45) is 0 Å². The third-order valence-corrected chi connectivity index (χ3v) is 6.57. The second-order valence-corrected chi connectivity index (χ2v) is 9.62. The lowest BCUT2D eigenvalue weighted by Crippen LogP contribution is -2.30. The summed E-state index contributed by atoms with van der Waals surface area (Å²) in [5, 5.41) is 9.53. The molecule has 0 saturated carbocycles. The topological polar surface area (TPSA) is 76.1 Å². The Balaban J connectivity index is 1.82. The van der Waals surface area contributed by atoms with E-state index in [1.807, 2.05) is 25.1 Å². The number of benzene rings is 2. The third kappa shape index (κ3) is 6.25. The molecular formula is C22H19BrClNO5S2. The summed E-state index contributed by atoms with van der Waals surface area (Å²) in [5.41, 5.74) is 1.68. The normalized spacial score (nSPS) is 14.8. The second-order valence-electron chi connectivity index (χ2n) is 6.66. The number of aliphatic carboxylic acids is 1. The molecule has 0 bridgehead atoms. The number of hydrogen-bond donors (Lipinski definition) is 1. The van der Waals surface area contributed by atoms with Crippen LogP contribution in [-0.4, -0.2) is 39.4 Å². The number of hydrogen-bond acceptors (Lipinski definition) is 6. The molecule has 1 heterocycles. The monoisotopic (exact) mass is 555 g/mol. The van der Waals surface area contributed by atoms with Crippen LogP contribution in [0.15, 0.2) is 45.8 Å². The van der Waals surface area contributed by atoms with Crippen LogP contribution in [0.25, 0.3) is 6.08 Å². The smallest absolute Gasteiger partial charge is 0.305 e. The Morgan fingerprint density at radius 2 is 2.00 bits per heavy atom. The van der Waals surface area contributed by atoms with Crippen molar-refractivity contribution in [1.82, 2.24) is 4.90 Å². The van der Waals surface area contributed by atoms with Gasteiger partial charge in [-0.05, 0) is 64.3 Å². The van der Waals surface area contributed by atoms with Crippen molar-refractivity contribution in [2.45, 2.75) is 20.0 Å². The molecule has 6 nitrogen and oxygen atoms in total. The van der Waals surface area contributed by atoms with Crippen LogP contribution in [0.3, 0.4) is 0 Å². The molecule has 2 aromatic rings. The molecule has 0 aliphatic carbocycles. The summed E-state index contributed by atoms with van der Waals surface area (Å²) < 4.78 is 12.8. The SMILES string of the molecule is CCOc1cc(/C=C2\SC(=S)N(CCC(=O)O)C2=O)cc(Br)c1OCc1ccc(Cl)cc1. The lowest BCUT2D eigenvalue weighted by Gasteiger charge is -2.15. The molecule has 1 fully saturated rings. The summed E-state index contributed by atoms with van der Waals surface area (Å²) in [4.78, 5) is 25.2. The van der Waals surface area contributed by atoms with Crippen LogP contribution < -0.4 is 9.47 Å². The van der Waals surface area contributed by atoms with Crippen LogP contribution in [0.1, 0.15) is 24.5 Å². The molecule has 1 amide bonds. The third-order valence-electron chi connectivity index (χ3n) is 4.35. The van der Waals surface area contributed by atoms with Gasteiger partial charge in [0.05, 0.1) is 22.4 Å². The number of thiocarbonyl (C=S) groups is 1. The first-order valence-corrected chi connectivity index (χ1v) is 12.0. The molecule has 0 spiro atoms. The van der Waals surface area contributed by atoms with E-state index < -0.39 is 5.97 Å². The number of thioether (sulfide) groups is 1. The number of carbonyl (C=O) groups excluding carboxylic acids is 1. The van der Waals surface area contributed by atoms with Gasteiger partial charge in [0.1, 0.15) is 10.9 Å². The van der Waals surface area contributed by atoms with E-state index in [1.54, 1.807) is 24.3 Å². The highest BCUT2D eigenvalue weighted by Crippen LogP contribution is 2.39. The lowest BCUT2D eigenvalue weighted by atomic mass is 10.1. The number of amides is 1. The molecule has 1 aliphatic rings. The highest BCUT2D eigenvalue weighted by atomic mass is 79.9. The first-order chi connectivity index (χ1) is 15.3. The fourth-order valence-electron chi connectivity index (χ4n) is 2.86. The predicted octanol–water partition coefficient (Wildman–Crippen LogP) is 5.76. The fourth-order valence-corrected chi connectivity index (χ4v) is 4.87. The summed E-state index contributed by atoms with van der Waals surface area (Å²) in [6.07, 6.45) is 1.54. The highest BCUT2D eigenvalue weighted by Gasteiger charge is 2.32. The first-order valence-electron chi connectivity index (χ1n) is 9.59. The second kappa shape index (κ2) is 11.2. The van der Waals surface area contributed by atoms with Crippen LogP contribution in [-0.2, 0) is 16.2 Å². The van der Waals surface area contributed by atoms with Gasteiger partial charge in [0.15, 0.2) is 11.5 Å². The number of nitrogens with zero attached hydrogens (tertiary/aromatic N) is 1. The minimum Gasteiger partial charge on any atom is -0.490 e. The Kier molecular flexibility index (Phi) is 8.58. The van der Waals surface area contributed by atoms with E-state index in [0.29, 0.717) is 43.4 Å². The van der Waals surface area contributed by atoms with Gasteiger partial charge in [0.25, 0.3) is 5.91 Å². The number of halogens is 2. The van der Waals surface area contributed by atoms with Crippen molar-refractivity contribution in [3.8, 4) is 11.5 Å². The van der Waals surface area contributed by atoms with Crippen LogP contribution in [0, 0.1) is 0 Å². The summed E-state index contributed by atoms with van der Waals surface area (Å²) in [7, 11) is 0. The quantitative estimate of drug-likeness (QED) is 0.311. The zero-order chi connectivity index (χ0) is 23.3. The molecule has 0 radical (unpaired) electrons. The molecule has 0 aromatic heterocycles. The Labute approximate surface area is 208 Å². The zero-order valence-corrected chi connectivity index (χ0v) is 20.9. The molecule has 10 heteroatoms. The van der Waals surface area contributed by atoms with E-state index >= 15 is 0 Å². The van der Waals surface area contributed by atoms with Crippen molar-refractivity contribution < 1.29 is 24.2 Å². The molecular weight excluding hydrogens is 538 g/mol. The molecule has 168 valence electrons. The van der Waals surface area contributed by atoms with Crippen LogP contribution in [0.5, 0.6) is 11.5 Å². The minimum atomic E-state index is -0.984. The van der Waals surface area contributed by atoms with Crippen molar-refractivity contribution in [3.63, 3.8) is 0 Å². The molecule has 32 heavy (non-hydrogen) atoms. The average molecular weight is 557 g/mol. The molecule has 1 N–H and O–H groups in total. The number of carbonyl (C=O) groups is 2. The van der Waals surface area contributed by atoms with Crippen molar-refractivity contribution in [1.29, 1.82) is 0 Å². The molecule has 0 atom stereocenters. The van der Waals surface area contributed by atoms with E-state index in [2.05, 4.69) is 15.9 Å².